The van der Waals surface area contributed by atoms with Crippen LogP contribution in [0.2, 0.25) is 0 Å². The molecular weight excluding hydrogens is 238 g/mol. The normalized spacial score (nSPS) is 19.6. The maximum atomic E-state index is 5.94. The fraction of sp³-hybridized carbons (Fsp3) is 0.667. The first-order valence-corrected chi connectivity index (χ1v) is 7.36. The monoisotopic (exact) mass is 261 g/mol. The number of nitrogens with zero attached hydrogens (tertiary/aromatic N) is 2. The number of nitrogen functional groups attached to an aromatic ring is 1. The highest BCUT2D eigenvalue weighted by Gasteiger charge is 2.24. The average Bonchev–Trinajstić information content (AvgIpc) is 3.09. The van der Waals surface area contributed by atoms with Gasteiger partial charge in [0.2, 0.25) is 5.88 Å². The molecule has 2 aliphatic rings. The van der Waals surface area contributed by atoms with Gasteiger partial charge >= 0.3 is 0 Å². The minimum Gasteiger partial charge on any atom is -0.476 e. The van der Waals surface area contributed by atoms with Gasteiger partial charge in [-0.15, -0.1) is 0 Å². The number of anilines is 2. The highest BCUT2D eigenvalue weighted by atomic mass is 16.5. The minimum absolute atomic E-state index is 0.606. The molecule has 2 fully saturated rings. The summed E-state index contributed by atoms with van der Waals surface area (Å²) in [5.41, 5.74) is 6.59. The Morgan fingerprint density at radius 2 is 2.00 bits per heavy atom. The summed E-state index contributed by atoms with van der Waals surface area (Å²) in [5.74, 6) is 2.30. The molecule has 1 aromatic rings. The molecule has 0 atom stereocenters. The summed E-state index contributed by atoms with van der Waals surface area (Å²) in [6, 6.07) is 4.53. The van der Waals surface area contributed by atoms with Gasteiger partial charge in [0, 0.05) is 13.1 Å². The van der Waals surface area contributed by atoms with Gasteiger partial charge in [-0.2, -0.15) is 4.98 Å². The molecule has 4 heteroatoms. The van der Waals surface area contributed by atoms with Crippen molar-refractivity contribution in [3.63, 3.8) is 0 Å². The summed E-state index contributed by atoms with van der Waals surface area (Å²) in [4.78, 5) is 6.87. The van der Waals surface area contributed by atoms with Gasteiger partial charge in [-0.05, 0) is 43.7 Å². The number of ether oxygens (including phenoxy) is 1. The van der Waals surface area contributed by atoms with Gasteiger partial charge in [0.25, 0.3) is 0 Å². The third kappa shape index (κ3) is 2.94. The van der Waals surface area contributed by atoms with Crippen LogP contribution in [0.4, 0.5) is 11.5 Å². The van der Waals surface area contributed by atoms with E-state index in [1.807, 2.05) is 12.1 Å². The third-order valence-electron chi connectivity index (χ3n) is 4.26. The lowest BCUT2D eigenvalue weighted by Gasteiger charge is -2.25. The first-order valence-electron chi connectivity index (χ1n) is 7.36. The van der Waals surface area contributed by atoms with Crippen LogP contribution in [-0.4, -0.2) is 24.7 Å². The van der Waals surface area contributed by atoms with Crippen molar-refractivity contribution in [2.45, 2.75) is 44.6 Å². The second-order valence-corrected chi connectivity index (χ2v) is 5.87. The molecule has 0 spiro atoms. The molecule has 1 heterocycles. The zero-order valence-corrected chi connectivity index (χ0v) is 11.6. The molecule has 0 aromatic carbocycles. The number of nitrogens with two attached hydrogens (primary N) is 1. The Labute approximate surface area is 115 Å². The lowest BCUT2D eigenvalue weighted by Crippen LogP contribution is -2.29. The van der Waals surface area contributed by atoms with E-state index in [0.29, 0.717) is 17.6 Å². The van der Waals surface area contributed by atoms with Crippen molar-refractivity contribution < 1.29 is 4.74 Å². The van der Waals surface area contributed by atoms with Gasteiger partial charge in [-0.25, -0.2) is 0 Å². The SMILES string of the molecule is CN(c1ccc(N)c(OCC2CC2)n1)C1CCCC1. The van der Waals surface area contributed by atoms with Crippen LogP contribution in [0.1, 0.15) is 38.5 Å². The molecule has 2 aliphatic carbocycles. The summed E-state index contributed by atoms with van der Waals surface area (Å²) < 4.78 is 5.75. The summed E-state index contributed by atoms with van der Waals surface area (Å²) >= 11 is 0. The second kappa shape index (κ2) is 5.27. The lowest BCUT2D eigenvalue weighted by atomic mass is 10.2. The summed E-state index contributed by atoms with van der Waals surface area (Å²) in [6.07, 6.45) is 7.74. The van der Waals surface area contributed by atoms with Crippen molar-refractivity contribution in [2.24, 2.45) is 5.92 Å². The highest BCUT2D eigenvalue weighted by molar-refractivity contribution is 5.54. The molecule has 0 unspecified atom stereocenters. The smallest absolute Gasteiger partial charge is 0.239 e. The fourth-order valence-corrected chi connectivity index (χ4v) is 2.71. The molecule has 0 amide bonds. The standard InChI is InChI=1S/C15H23N3O/c1-18(12-4-2-3-5-12)14-9-8-13(16)15(17-14)19-10-11-6-7-11/h8-9,11-12H,2-7,10,16H2,1H3. The number of aromatic nitrogens is 1. The van der Waals surface area contributed by atoms with Crippen LogP contribution < -0.4 is 15.4 Å². The molecule has 4 nitrogen and oxygen atoms in total. The zero-order valence-electron chi connectivity index (χ0n) is 11.6. The average molecular weight is 261 g/mol. The molecule has 0 aliphatic heterocycles. The molecule has 104 valence electrons. The molecule has 0 bridgehead atoms. The fourth-order valence-electron chi connectivity index (χ4n) is 2.71. The van der Waals surface area contributed by atoms with Crippen LogP contribution >= 0.6 is 0 Å². The molecule has 0 radical (unpaired) electrons. The van der Waals surface area contributed by atoms with Crippen LogP contribution in [0.25, 0.3) is 0 Å². The molecule has 0 saturated heterocycles. The molecule has 2 saturated carbocycles. The predicted octanol–water partition coefficient (Wildman–Crippen LogP) is 2.83. The van der Waals surface area contributed by atoms with Crippen molar-refractivity contribution >= 4 is 11.5 Å². The van der Waals surface area contributed by atoms with Crippen LogP contribution in [0.5, 0.6) is 5.88 Å². The largest absolute Gasteiger partial charge is 0.476 e. The van der Waals surface area contributed by atoms with Crippen LogP contribution in [0.15, 0.2) is 12.1 Å². The van der Waals surface area contributed by atoms with E-state index >= 15 is 0 Å². The Balaban J connectivity index is 1.71. The van der Waals surface area contributed by atoms with E-state index in [0.717, 1.165) is 18.3 Å². The van der Waals surface area contributed by atoms with Crippen molar-refractivity contribution in [3.8, 4) is 5.88 Å². The predicted molar refractivity (Wildman–Crippen MR) is 77.5 cm³/mol. The van der Waals surface area contributed by atoms with Crippen LogP contribution in [0.3, 0.4) is 0 Å². The van der Waals surface area contributed by atoms with E-state index in [1.165, 1.54) is 38.5 Å². The number of hydrogen-bond acceptors (Lipinski definition) is 4. The zero-order chi connectivity index (χ0) is 13.2. The first kappa shape index (κ1) is 12.6. The lowest BCUT2D eigenvalue weighted by molar-refractivity contribution is 0.290. The molecule has 2 N–H and O–H groups in total. The van der Waals surface area contributed by atoms with Gasteiger partial charge in [0.15, 0.2) is 0 Å². The molecule has 1 aromatic heterocycles. The molecule has 19 heavy (non-hydrogen) atoms. The van der Waals surface area contributed by atoms with E-state index in [4.69, 9.17) is 10.5 Å². The Kier molecular flexibility index (Phi) is 3.49. The van der Waals surface area contributed by atoms with E-state index in [9.17, 15) is 0 Å². The van der Waals surface area contributed by atoms with Gasteiger partial charge in [-0.1, -0.05) is 12.8 Å². The molecular formula is C15H23N3O. The number of pyridine rings is 1. The van der Waals surface area contributed by atoms with E-state index < -0.39 is 0 Å². The van der Waals surface area contributed by atoms with Gasteiger partial charge < -0.3 is 15.4 Å². The van der Waals surface area contributed by atoms with Crippen molar-refractivity contribution in [2.75, 3.05) is 24.3 Å². The Hall–Kier alpha value is -1.45. The maximum Gasteiger partial charge on any atom is 0.239 e. The minimum atomic E-state index is 0.606. The van der Waals surface area contributed by atoms with Crippen molar-refractivity contribution in [1.29, 1.82) is 0 Å². The van der Waals surface area contributed by atoms with Gasteiger partial charge in [0.1, 0.15) is 5.82 Å². The van der Waals surface area contributed by atoms with Crippen LogP contribution in [0, 0.1) is 5.92 Å². The molecule has 3 rings (SSSR count). The first-order chi connectivity index (χ1) is 9.24. The van der Waals surface area contributed by atoms with Gasteiger partial charge in [0.05, 0.1) is 12.3 Å². The quantitative estimate of drug-likeness (QED) is 0.885. The van der Waals surface area contributed by atoms with Gasteiger partial charge in [-0.3, -0.25) is 0 Å². The van der Waals surface area contributed by atoms with Crippen molar-refractivity contribution in [1.82, 2.24) is 4.98 Å². The highest BCUT2D eigenvalue weighted by Crippen LogP contribution is 2.32. The van der Waals surface area contributed by atoms with E-state index in [2.05, 4.69) is 16.9 Å². The van der Waals surface area contributed by atoms with E-state index in [-0.39, 0.29) is 0 Å². The summed E-state index contributed by atoms with van der Waals surface area (Å²) in [7, 11) is 2.12. The topological polar surface area (TPSA) is 51.4 Å². The van der Waals surface area contributed by atoms with E-state index in [1.54, 1.807) is 0 Å². The maximum absolute atomic E-state index is 5.94. The number of rotatable bonds is 5. The Bertz CT molecular complexity index is 439. The second-order valence-electron chi connectivity index (χ2n) is 5.87. The Morgan fingerprint density at radius 1 is 1.26 bits per heavy atom. The third-order valence-corrected chi connectivity index (χ3v) is 4.26. The van der Waals surface area contributed by atoms with Crippen molar-refractivity contribution in [3.05, 3.63) is 12.1 Å². The van der Waals surface area contributed by atoms with Crippen LogP contribution in [-0.2, 0) is 0 Å². The summed E-state index contributed by atoms with van der Waals surface area (Å²) in [6.45, 7) is 0.758. The Morgan fingerprint density at radius 3 is 2.68 bits per heavy atom. The summed E-state index contributed by atoms with van der Waals surface area (Å²) in [5, 5.41) is 0. The number of hydrogen-bond donors (Lipinski definition) is 1.